The second-order valence-corrected chi connectivity index (χ2v) is 5.63. The molecule has 0 saturated carbocycles. The first-order valence-electron chi connectivity index (χ1n) is 8.23. The van der Waals surface area contributed by atoms with Crippen molar-refractivity contribution in [1.29, 1.82) is 0 Å². The molecule has 1 nitrogen and oxygen atoms in total. The quantitative estimate of drug-likeness (QED) is 0.577. The van der Waals surface area contributed by atoms with Crippen molar-refractivity contribution in [2.75, 3.05) is 6.61 Å². The monoisotopic (exact) mass is 294 g/mol. The molecule has 0 saturated heterocycles. The van der Waals surface area contributed by atoms with Crippen LogP contribution in [0.2, 0.25) is 0 Å². The molecule has 0 bridgehead atoms. The van der Waals surface area contributed by atoms with Gasteiger partial charge in [0, 0.05) is 0 Å². The SMILES string of the molecule is CCCCc1ccc(C=Cc2ccc(OCC)cc2C)cc1. The van der Waals surface area contributed by atoms with Crippen molar-refractivity contribution in [3.8, 4) is 5.75 Å². The van der Waals surface area contributed by atoms with E-state index in [1.807, 2.05) is 13.0 Å². The highest BCUT2D eigenvalue weighted by atomic mass is 16.5. The van der Waals surface area contributed by atoms with Gasteiger partial charge in [-0.15, -0.1) is 0 Å². The van der Waals surface area contributed by atoms with Gasteiger partial charge < -0.3 is 4.74 Å². The van der Waals surface area contributed by atoms with E-state index in [0.29, 0.717) is 6.61 Å². The summed E-state index contributed by atoms with van der Waals surface area (Å²) in [5.41, 5.74) is 5.14. The van der Waals surface area contributed by atoms with Gasteiger partial charge in [-0.25, -0.2) is 0 Å². The van der Waals surface area contributed by atoms with E-state index >= 15 is 0 Å². The Morgan fingerprint density at radius 3 is 2.36 bits per heavy atom. The predicted octanol–water partition coefficient (Wildman–Crippen LogP) is 5.91. The summed E-state index contributed by atoms with van der Waals surface area (Å²) in [4.78, 5) is 0. The number of ether oxygens (including phenoxy) is 1. The first-order chi connectivity index (χ1) is 10.7. The van der Waals surface area contributed by atoms with Crippen molar-refractivity contribution in [3.05, 3.63) is 64.7 Å². The maximum absolute atomic E-state index is 5.53. The summed E-state index contributed by atoms with van der Waals surface area (Å²) in [6.07, 6.45) is 8.04. The Morgan fingerprint density at radius 2 is 1.73 bits per heavy atom. The summed E-state index contributed by atoms with van der Waals surface area (Å²) in [5.74, 6) is 0.942. The zero-order chi connectivity index (χ0) is 15.8. The Kier molecular flexibility index (Phi) is 6.27. The van der Waals surface area contributed by atoms with Crippen molar-refractivity contribution < 1.29 is 4.74 Å². The topological polar surface area (TPSA) is 9.23 Å². The summed E-state index contributed by atoms with van der Waals surface area (Å²) in [6, 6.07) is 15.1. The first-order valence-corrected chi connectivity index (χ1v) is 8.23. The highest BCUT2D eigenvalue weighted by Gasteiger charge is 1.98. The van der Waals surface area contributed by atoms with Crippen LogP contribution in [0.3, 0.4) is 0 Å². The zero-order valence-electron chi connectivity index (χ0n) is 13.9. The fourth-order valence-corrected chi connectivity index (χ4v) is 2.45. The molecule has 0 atom stereocenters. The van der Waals surface area contributed by atoms with Crippen molar-refractivity contribution in [2.24, 2.45) is 0 Å². The summed E-state index contributed by atoms with van der Waals surface area (Å²) in [5, 5.41) is 0. The minimum atomic E-state index is 0.707. The Bertz CT molecular complexity index is 608. The van der Waals surface area contributed by atoms with Gasteiger partial charge in [-0.05, 0) is 61.1 Å². The molecule has 2 rings (SSSR count). The molecule has 0 N–H and O–H groups in total. The summed E-state index contributed by atoms with van der Waals surface area (Å²) < 4.78 is 5.53. The first kappa shape index (κ1) is 16.4. The van der Waals surface area contributed by atoms with Gasteiger partial charge in [-0.2, -0.15) is 0 Å². The van der Waals surface area contributed by atoms with Gasteiger partial charge in [-0.1, -0.05) is 55.8 Å². The fourth-order valence-electron chi connectivity index (χ4n) is 2.45. The molecule has 0 aromatic heterocycles. The lowest BCUT2D eigenvalue weighted by atomic mass is 10.0. The minimum absolute atomic E-state index is 0.707. The van der Waals surface area contributed by atoms with Gasteiger partial charge in [0.1, 0.15) is 5.75 Å². The van der Waals surface area contributed by atoms with Crippen LogP contribution in [-0.2, 0) is 6.42 Å². The molecule has 0 spiro atoms. The third kappa shape index (κ3) is 4.77. The average molecular weight is 294 g/mol. The number of rotatable bonds is 7. The van der Waals surface area contributed by atoms with Crippen LogP contribution in [-0.4, -0.2) is 6.61 Å². The summed E-state index contributed by atoms with van der Waals surface area (Å²) in [6.45, 7) is 7.07. The smallest absolute Gasteiger partial charge is 0.119 e. The van der Waals surface area contributed by atoms with Crippen LogP contribution < -0.4 is 4.74 Å². The van der Waals surface area contributed by atoms with Crippen LogP contribution in [0.5, 0.6) is 5.75 Å². The molecule has 0 unspecified atom stereocenters. The number of unbranched alkanes of at least 4 members (excludes halogenated alkanes) is 1. The molecule has 22 heavy (non-hydrogen) atoms. The van der Waals surface area contributed by atoms with Crippen molar-refractivity contribution in [1.82, 2.24) is 0 Å². The molecule has 0 aliphatic carbocycles. The second kappa shape index (κ2) is 8.43. The van der Waals surface area contributed by atoms with Crippen molar-refractivity contribution in [2.45, 2.75) is 40.0 Å². The van der Waals surface area contributed by atoms with E-state index in [4.69, 9.17) is 4.74 Å². The van der Waals surface area contributed by atoms with Crippen LogP contribution in [0.4, 0.5) is 0 Å². The molecule has 0 heterocycles. The molecular formula is C21H26O. The van der Waals surface area contributed by atoms with Crippen LogP contribution in [0.1, 0.15) is 48.9 Å². The van der Waals surface area contributed by atoms with Gasteiger partial charge in [-0.3, -0.25) is 0 Å². The Morgan fingerprint density at radius 1 is 0.955 bits per heavy atom. The zero-order valence-corrected chi connectivity index (χ0v) is 13.9. The Labute approximate surface area is 134 Å². The highest BCUT2D eigenvalue weighted by Crippen LogP contribution is 2.19. The van der Waals surface area contributed by atoms with Gasteiger partial charge >= 0.3 is 0 Å². The number of aryl methyl sites for hydroxylation is 2. The van der Waals surface area contributed by atoms with E-state index in [0.717, 1.165) is 5.75 Å². The van der Waals surface area contributed by atoms with E-state index in [-0.39, 0.29) is 0 Å². The van der Waals surface area contributed by atoms with E-state index in [1.54, 1.807) is 0 Å². The van der Waals surface area contributed by atoms with Crippen molar-refractivity contribution in [3.63, 3.8) is 0 Å². The van der Waals surface area contributed by atoms with Gasteiger partial charge in [0.05, 0.1) is 6.61 Å². The largest absolute Gasteiger partial charge is 0.494 e. The predicted molar refractivity (Wildman–Crippen MR) is 96.3 cm³/mol. The molecule has 0 radical (unpaired) electrons. The highest BCUT2D eigenvalue weighted by molar-refractivity contribution is 5.71. The molecule has 0 aliphatic rings. The van der Waals surface area contributed by atoms with Crippen LogP contribution >= 0.6 is 0 Å². The van der Waals surface area contributed by atoms with Crippen LogP contribution in [0.15, 0.2) is 42.5 Å². The molecular weight excluding hydrogens is 268 g/mol. The lowest BCUT2D eigenvalue weighted by molar-refractivity contribution is 0.340. The second-order valence-electron chi connectivity index (χ2n) is 5.63. The van der Waals surface area contributed by atoms with E-state index in [9.17, 15) is 0 Å². The Hall–Kier alpha value is -2.02. The lowest BCUT2D eigenvalue weighted by Gasteiger charge is -2.06. The van der Waals surface area contributed by atoms with E-state index in [2.05, 4.69) is 62.4 Å². The van der Waals surface area contributed by atoms with Gasteiger partial charge in [0.15, 0.2) is 0 Å². The Balaban J connectivity index is 2.05. The summed E-state index contributed by atoms with van der Waals surface area (Å²) >= 11 is 0. The molecule has 116 valence electrons. The molecule has 0 amide bonds. The van der Waals surface area contributed by atoms with Crippen LogP contribution in [0, 0.1) is 6.92 Å². The lowest BCUT2D eigenvalue weighted by Crippen LogP contribution is -1.92. The molecule has 0 fully saturated rings. The minimum Gasteiger partial charge on any atom is -0.494 e. The normalized spacial score (nSPS) is 11.0. The third-order valence-corrected chi connectivity index (χ3v) is 3.81. The molecule has 2 aromatic carbocycles. The van der Waals surface area contributed by atoms with E-state index in [1.165, 1.54) is 41.5 Å². The maximum atomic E-state index is 5.53. The number of benzene rings is 2. The third-order valence-electron chi connectivity index (χ3n) is 3.81. The fraction of sp³-hybridized carbons (Fsp3) is 0.333. The van der Waals surface area contributed by atoms with Gasteiger partial charge in [0.2, 0.25) is 0 Å². The molecule has 0 aliphatic heterocycles. The molecule has 1 heteroatoms. The van der Waals surface area contributed by atoms with Gasteiger partial charge in [0.25, 0.3) is 0 Å². The summed E-state index contributed by atoms with van der Waals surface area (Å²) in [7, 11) is 0. The molecule has 2 aromatic rings. The van der Waals surface area contributed by atoms with Crippen LogP contribution in [0.25, 0.3) is 12.2 Å². The average Bonchev–Trinajstić information content (AvgIpc) is 2.53. The van der Waals surface area contributed by atoms with E-state index < -0.39 is 0 Å². The maximum Gasteiger partial charge on any atom is 0.119 e. The standard InChI is InChI=1S/C21H26O/c1-4-6-7-18-8-10-19(11-9-18)12-13-20-14-15-21(22-5-2)16-17(20)3/h8-16H,4-7H2,1-3H3. The van der Waals surface area contributed by atoms with Crippen molar-refractivity contribution >= 4 is 12.2 Å². The number of hydrogen-bond acceptors (Lipinski definition) is 1. The number of hydrogen-bond donors (Lipinski definition) is 0.